The quantitative estimate of drug-likeness (QED) is 0.723. The third-order valence-corrected chi connectivity index (χ3v) is 5.20. The summed E-state index contributed by atoms with van der Waals surface area (Å²) in [7, 11) is 1.27. The second-order valence-electron chi connectivity index (χ2n) is 6.98. The summed E-state index contributed by atoms with van der Waals surface area (Å²) >= 11 is 0. The van der Waals surface area contributed by atoms with Gasteiger partial charge in [0, 0.05) is 5.69 Å². The van der Waals surface area contributed by atoms with Gasteiger partial charge in [0.1, 0.15) is 6.54 Å². The van der Waals surface area contributed by atoms with E-state index in [1.807, 2.05) is 30.3 Å². The summed E-state index contributed by atoms with van der Waals surface area (Å²) in [6.07, 6.45) is 2.89. The summed E-state index contributed by atoms with van der Waals surface area (Å²) in [6.45, 7) is -0.148. The minimum absolute atomic E-state index is 0.00789. The molecule has 1 fully saturated rings. The zero-order valence-electron chi connectivity index (χ0n) is 15.9. The van der Waals surface area contributed by atoms with Crippen LogP contribution in [0.25, 0.3) is 0 Å². The number of methoxy groups -OCH3 is 1. The molecule has 0 aliphatic heterocycles. The van der Waals surface area contributed by atoms with Crippen LogP contribution in [0.2, 0.25) is 0 Å². The second kappa shape index (κ2) is 8.69. The standard InChI is InChI=1S/C22H24N2O4/c1-28-20(26)15-23-19(25)14-16-8-10-18(11-9-16)24-21(27)22(12-5-13-22)17-6-3-2-4-7-17/h2-4,6-11H,5,12-15H2,1H3,(H,23,25)(H,24,27). The molecule has 0 unspecified atom stereocenters. The van der Waals surface area contributed by atoms with E-state index in [1.165, 1.54) is 7.11 Å². The Bertz CT molecular complexity index is 843. The number of carbonyl (C=O) groups is 3. The summed E-state index contributed by atoms with van der Waals surface area (Å²) in [4.78, 5) is 35.8. The number of esters is 1. The molecule has 0 aromatic heterocycles. The van der Waals surface area contributed by atoms with Crippen LogP contribution in [0.1, 0.15) is 30.4 Å². The predicted molar refractivity (Wildman–Crippen MR) is 106 cm³/mol. The van der Waals surface area contributed by atoms with Crippen LogP contribution < -0.4 is 10.6 Å². The Kier molecular flexibility index (Phi) is 6.09. The van der Waals surface area contributed by atoms with Crippen molar-refractivity contribution in [3.8, 4) is 0 Å². The summed E-state index contributed by atoms with van der Waals surface area (Å²) in [5.41, 5.74) is 2.10. The van der Waals surface area contributed by atoms with Crippen LogP contribution >= 0.6 is 0 Å². The van der Waals surface area contributed by atoms with Crippen molar-refractivity contribution in [1.29, 1.82) is 0 Å². The maximum atomic E-state index is 12.9. The van der Waals surface area contributed by atoms with E-state index in [-0.39, 0.29) is 24.8 Å². The Morgan fingerprint density at radius 2 is 1.68 bits per heavy atom. The minimum Gasteiger partial charge on any atom is -0.468 e. The van der Waals surface area contributed by atoms with E-state index in [2.05, 4.69) is 15.4 Å². The van der Waals surface area contributed by atoms with Crippen molar-refractivity contribution in [1.82, 2.24) is 5.32 Å². The van der Waals surface area contributed by atoms with Crippen molar-refractivity contribution in [2.24, 2.45) is 0 Å². The van der Waals surface area contributed by atoms with Gasteiger partial charge in [-0.25, -0.2) is 0 Å². The highest BCUT2D eigenvalue weighted by Gasteiger charge is 2.45. The Morgan fingerprint density at radius 3 is 2.25 bits per heavy atom. The predicted octanol–water partition coefficient (Wildman–Crippen LogP) is 2.58. The van der Waals surface area contributed by atoms with Gasteiger partial charge in [0.2, 0.25) is 11.8 Å². The zero-order chi connectivity index (χ0) is 20.0. The van der Waals surface area contributed by atoms with E-state index in [4.69, 9.17) is 0 Å². The fourth-order valence-electron chi connectivity index (χ4n) is 3.38. The topological polar surface area (TPSA) is 84.5 Å². The SMILES string of the molecule is COC(=O)CNC(=O)Cc1ccc(NC(=O)C2(c3ccccc3)CCC2)cc1. The average Bonchev–Trinajstić information content (AvgIpc) is 2.67. The fraction of sp³-hybridized carbons (Fsp3) is 0.318. The van der Waals surface area contributed by atoms with Crippen molar-refractivity contribution in [3.63, 3.8) is 0 Å². The average molecular weight is 380 g/mol. The number of amides is 2. The Balaban J connectivity index is 1.59. The molecule has 28 heavy (non-hydrogen) atoms. The molecule has 6 heteroatoms. The van der Waals surface area contributed by atoms with Crippen molar-refractivity contribution in [2.75, 3.05) is 19.0 Å². The molecule has 0 heterocycles. The Labute approximate surface area is 164 Å². The zero-order valence-corrected chi connectivity index (χ0v) is 15.9. The maximum Gasteiger partial charge on any atom is 0.325 e. The van der Waals surface area contributed by atoms with Gasteiger partial charge >= 0.3 is 5.97 Å². The normalized spacial score (nSPS) is 14.5. The van der Waals surface area contributed by atoms with E-state index in [9.17, 15) is 14.4 Å². The first kappa shape index (κ1) is 19.6. The first-order valence-electron chi connectivity index (χ1n) is 9.33. The van der Waals surface area contributed by atoms with Crippen molar-refractivity contribution in [2.45, 2.75) is 31.1 Å². The molecule has 3 rings (SSSR count). The monoisotopic (exact) mass is 380 g/mol. The Hall–Kier alpha value is -3.15. The van der Waals surface area contributed by atoms with Gasteiger partial charge in [0.15, 0.2) is 0 Å². The lowest BCUT2D eigenvalue weighted by Gasteiger charge is -2.40. The largest absolute Gasteiger partial charge is 0.468 e. The lowest BCUT2D eigenvalue weighted by Crippen LogP contribution is -2.45. The molecule has 146 valence electrons. The number of hydrogen-bond donors (Lipinski definition) is 2. The molecule has 1 aliphatic carbocycles. The third kappa shape index (κ3) is 4.39. The molecule has 6 nitrogen and oxygen atoms in total. The first-order valence-corrected chi connectivity index (χ1v) is 9.33. The second-order valence-corrected chi connectivity index (χ2v) is 6.98. The highest BCUT2D eigenvalue weighted by Crippen LogP contribution is 2.44. The highest BCUT2D eigenvalue weighted by atomic mass is 16.5. The molecule has 0 saturated heterocycles. The highest BCUT2D eigenvalue weighted by molar-refractivity contribution is 6.00. The van der Waals surface area contributed by atoms with Gasteiger partial charge in [-0.3, -0.25) is 14.4 Å². The molecular weight excluding hydrogens is 356 g/mol. The molecule has 0 radical (unpaired) electrons. The van der Waals surface area contributed by atoms with Gasteiger partial charge in [0.05, 0.1) is 18.9 Å². The van der Waals surface area contributed by atoms with Crippen LogP contribution in [0.4, 0.5) is 5.69 Å². The molecule has 2 N–H and O–H groups in total. The lowest BCUT2D eigenvalue weighted by molar-refractivity contribution is -0.141. The molecule has 1 saturated carbocycles. The summed E-state index contributed by atoms with van der Waals surface area (Å²) in [5.74, 6) is -0.747. The van der Waals surface area contributed by atoms with Crippen LogP contribution in [-0.4, -0.2) is 31.4 Å². The number of rotatable bonds is 7. The summed E-state index contributed by atoms with van der Waals surface area (Å²) < 4.78 is 4.48. The summed E-state index contributed by atoms with van der Waals surface area (Å²) in [5, 5.41) is 5.51. The maximum absolute atomic E-state index is 12.9. The molecule has 0 bridgehead atoms. The number of carbonyl (C=O) groups excluding carboxylic acids is 3. The van der Waals surface area contributed by atoms with Crippen molar-refractivity contribution < 1.29 is 19.1 Å². The fourth-order valence-corrected chi connectivity index (χ4v) is 3.38. The van der Waals surface area contributed by atoms with Crippen LogP contribution in [0.15, 0.2) is 54.6 Å². The molecule has 0 atom stereocenters. The molecule has 2 amide bonds. The van der Waals surface area contributed by atoms with Gasteiger partial charge in [-0.05, 0) is 36.1 Å². The van der Waals surface area contributed by atoms with Crippen molar-refractivity contribution >= 4 is 23.5 Å². The van der Waals surface area contributed by atoms with Gasteiger partial charge in [0.25, 0.3) is 0 Å². The van der Waals surface area contributed by atoms with E-state index < -0.39 is 11.4 Å². The summed E-state index contributed by atoms with van der Waals surface area (Å²) in [6, 6.07) is 17.1. The first-order chi connectivity index (χ1) is 13.5. The van der Waals surface area contributed by atoms with Crippen LogP contribution in [0, 0.1) is 0 Å². The molecular formula is C22H24N2O4. The van der Waals surface area contributed by atoms with Crippen LogP contribution in [0.3, 0.4) is 0 Å². The number of hydrogen-bond acceptors (Lipinski definition) is 4. The minimum atomic E-state index is -0.491. The number of anilines is 1. The van der Waals surface area contributed by atoms with E-state index in [1.54, 1.807) is 24.3 Å². The van der Waals surface area contributed by atoms with Gasteiger partial charge in [-0.2, -0.15) is 0 Å². The van der Waals surface area contributed by atoms with Crippen LogP contribution in [-0.2, 0) is 31.0 Å². The number of nitrogens with one attached hydrogen (secondary N) is 2. The lowest BCUT2D eigenvalue weighted by atomic mass is 9.64. The van der Waals surface area contributed by atoms with Crippen LogP contribution in [0.5, 0.6) is 0 Å². The molecule has 2 aromatic carbocycles. The number of benzene rings is 2. The third-order valence-electron chi connectivity index (χ3n) is 5.20. The number of ether oxygens (including phenoxy) is 1. The Morgan fingerprint density at radius 1 is 1.00 bits per heavy atom. The van der Waals surface area contributed by atoms with Crippen molar-refractivity contribution in [3.05, 3.63) is 65.7 Å². The van der Waals surface area contributed by atoms with E-state index in [0.29, 0.717) is 5.69 Å². The molecule has 1 aliphatic rings. The van der Waals surface area contributed by atoms with Gasteiger partial charge in [-0.15, -0.1) is 0 Å². The van der Waals surface area contributed by atoms with Gasteiger partial charge < -0.3 is 15.4 Å². The van der Waals surface area contributed by atoms with E-state index >= 15 is 0 Å². The molecule has 0 spiro atoms. The van der Waals surface area contributed by atoms with Gasteiger partial charge in [-0.1, -0.05) is 48.9 Å². The molecule has 2 aromatic rings. The smallest absolute Gasteiger partial charge is 0.325 e. The van der Waals surface area contributed by atoms with E-state index in [0.717, 1.165) is 30.4 Å².